The first-order valence-corrected chi connectivity index (χ1v) is 6.81. The zero-order valence-corrected chi connectivity index (χ0v) is 11.1. The van der Waals surface area contributed by atoms with E-state index in [1.165, 1.54) is 7.11 Å². The van der Waals surface area contributed by atoms with E-state index in [1.807, 2.05) is 13.8 Å². The van der Waals surface area contributed by atoms with Crippen molar-refractivity contribution in [2.75, 3.05) is 13.3 Å². The van der Waals surface area contributed by atoms with Gasteiger partial charge in [-0.1, -0.05) is 27.7 Å². The first-order valence-electron chi connectivity index (χ1n) is 5.08. The molecular formula is C10H23O3P. The smallest absolute Gasteiger partial charge is 0.312 e. The predicted molar refractivity (Wildman–Crippen MR) is 59.8 cm³/mol. The third-order valence-electron chi connectivity index (χ3n) is 2.31. The van der Waals surface area contributed by atoms with Crippen LogP contribution in [-0.4, -0.2) is 19.4 Å². The normalized spacial score (nSPS) is 19.0. The summed E-state index contributed by atoms with van der Waals surface area (Å²) in [6.07, 6.45) is 1.23. The lowest BCUT2D eigenvalue weighted by Crippen LogP contribution is -2.25. The molecule has 2 atom stereocenters. The van der Waals surface area contributed by atoms with Crippen molar-refractivity contribution in [3.05, 3.63) is 0 Å². The SMILES string of the molecule is CCCP(=O)(OC)OC(C)C(C)(C)C. The van der Waals surface area contributed by atoms with Gasteiger partial charge in [0.15, 0.2) is 0 Å². The van der Waals surface area contributed by atoms with Gasteiger partial charge in [-0.25, -0.2) is 0 Å². The van der Waals surface area contributed by atoms with E-state index in [0.717, 1.165) is 6.42 Å². The highest BCUT2D eigenvalue weighted by Crippen LogP contribution is 2.50. The second kappa shape index (κ2) is 5.29. The van der Waals surface area contributed by atoms with Crippen LogP contribution in [0.2, 0.25) is 0 Å². The van der Waals surface area contributed by atoms with Crippen LogP contribution in [0.5, 0.6) is 0 Å². The molecule has 0 amide bonds. The molecule has 0 aliphatic rings. The monoisotopic (exact) mass is 222 g/mol. The van der Waals surface area contributed by atoms with Crippen molar-refractivity contribution < 1.29 is 13.6 Å². The molecule has 0 saturated heterocycles. The largest absolute Gasteiger partial charge is 0.330 e. The molecule has 2 unspecified atom stereocenters. The van der Waals surface area contributed by atoms with Crippen LogP contribution in [0, 0.1) is 5.41 Å². The van der Waals surface area contributed by atoms with Gasteiger partial charge >= 0.3 is 7.60 Å². The maximum absolute atomic E-state index is 12.0. The van der Waals surface area contributed by atoms with Crippen LogP contribution in [-0.2, 0) is 13.6 Å². The predicted octanol–water partition coefficient (Wildman–Crippen LogP) is 3.69. The van der Waals surface area contributed by atoms with Gasteiger partial charge in [-0.2, -0.15) is 0 Å². The third kappa shape index (κ3) is 4.59. The van der Waals surface area contributed by atoms with E-state index in [1.54, 1.807) is 0 Å². The second-order valence-corrected chi connectivity index (χ2v) is 6.88. The molecule has 86 valence electrons. The highest BCUT2D eigenvalue weighted by Gasteiger charge is 2.30. The Morgan fingerprint density at radius 3 is 2.14 bits per heavy atom. The molecule has 0 aromatic heterocycles. The summed E-state index contributed by atoms with van der Waals surface area (Å²) in [7, 11) is -1.40. The second-order valence-electron chi connectivity index (χ2n) is 4.63. The molecule has 0 aliphatic carbocycles. The van der Waals surface area contributed by atoms with E-state index >= 15 is 0 Å². The van der Waals surface area contributed by atoms with Crippen LogP contribution in [0.4, 0.5) is 0 Å². The standard InChI is InChI=1S/C10H23O3P/c1-7-8-14(11,12-6)13-9(2)10(3,4)5/h9H,7-8H2,1-6H3. The lowest BCUT2D eigenvalue weighted by molar-refractivity contribution is 0.0840. The molecule has 4 heteroatoms. The fraction of sp³-hybridized carbons (Fsp3) is 1.00. The lowest BCUT2D eigenvalue weighted by Gasteiger charge is -2.30. The molecule has 0 rings (SSSR count). The summed E-state index contributed by atoms with van der Waals surface area (Å²) in [5, 5.41) is 0. The number of rotatable bonds is 5. The van der Waals surface area contributed by atoms with Crippen LogP contribution in [0.1, 0.15) is 41.0 Å². The van der Waals surface area contributed by atoms with Crippen molar-refractivity contribution in [2.24, 2.45) is 5.41 Å². The Kier molecular flexibility index (Phi) is 5.35. The van der Waals surface area contributed by atoms with Gasteiger partial charge < -0.3 is 9.05 Å². The average Bonchev–Trinajstić information content (AvgIpc) is 2.03. The molecule has 0 saturated carbocycles. The van der Waals surface area contributed by atoms with Crippen LogP contribution < -0.4 is 0 Å². The summed E-state index contributed by atoms with van der Waals surface area (Å²) in [5.41, 5.74) is -0.0120. The quantitative estimate of drug-likeness (QED) is 0.665. The highest BCUT2D eigenvalue weighted by molar-refractivity contribution is 7.53. The fourth-order valence-electron chi connectivity index (χ4n) is 0.860. The topological polar surface area (TPSA) is 35.5 Å². The Bertz CT molecular complexity index is 208. The van der Waals surface area contributed by atoms with Gasteiger partial charge in [0.25, 0.3) is 0 Å². The summed E-state index contributed by atoms with van der Waals surface area (Å²) < 4.78 is 22.5. The van der Waals surface area contributed by atoms with Gasteiger partial charge in [0.2, 0.25) is 0 Å². The minimum Gasteiger partial charge on any atom is -0.312 e. The van der Waals surface area contributed by atoms with Gasteiger partial charge in [0, 0.05) is 13.3 Å². The highest BCUT2D eigenvalue weighted by atomic mass is 31.2. The van der Waals surface area contributed by atoms with E-state index in [0.29, 0.717) is 6.16 Å². The number of hydrogen-bond donors (Lipinski definition) is 0. The zero-order chi connectivity index (χ0) is 11.4. The Morgan fingerprint density at radius 2 is 1.86 bits per heavy atom. The molecule has 0 radical (unpaired) electrons. The van der Waals surface area contributed by atoms with Crippen molar-refractivity contribution in [1.29, 1.82) is 0 Å². The molecule has 14 heavy (non-hydrogen) atoms. The van der Waals surface area contributed by atoms with Gasteiger partial charge in [-0.3, -0.25) is 4.57 Å². The Hall–Kier alpha value is 0.150. The van der Waals surface area contributed by atoms with Crippen molar-refractivity contribution >= 4 is 7.60 Å². The maximum Gasteiger partial charge on any atom is 0.330 e. The van der Waals surface area contributed by atoms with E-state index in [9.17, 15) is 4.57 Å². The summed E-state index contributed by atoms with van der Waals surface area (Å²) in [6, 6.07) is 0. The van der Waals surface area contributed by atoms with E-state index < -0.39 is 7.60 Å². The lowest BCUT2D eigenvalue weighted by atomic mass is 9.91. The summed E-state index contributed by atoms with van der Waals surface area (Å²) >= 11 is 0. The van der Waals surface area contributed by atoms with Gasteiger partial charge in [0.1, 0.15) is 0 Å². The van der Waals surface area contributed by atoms with Crippen LogP contribution >= 0.6 is 7.60 Å². The minimum absolute atomic E-state index is 0.0120. The first kappa shape index (κ1) is 14.2. The molecular weight excluding hydrogens is 199 g/mol. The molecule has 0 aromatic carbocycles. The van der Waals surface area contributed by atoms with E-state index in [4.69, 9.17) is 9.05 Å². The van der Waals surface area contributed by atoms with Crippen molar-refractivity contribution in [2.45, 2.75) is 47.1 Å². The van der Waals surface area contributed by atoms with Gasteiger partial charge in [-0.15, -0.1) is 0 Å². The average molecular weight is 222 g/mol. The molecule has 0 heterocycles. The maximum atomic E-state index is 12.0. The van der Waals surface area contributed by atoms with Crippen molar-refractivity contribution in [3.63, 3.8) is 0 Å². The molecule has 0 aromatic rings. The number of hydrogen-bond acceptors (Lipinski definition) is 3. The first-order chi connectivity index (χ1) is 6.25. The molecule has 0 fully saturated rings. The molecule has 0 spiro atoms. The Balaban J connectivity index is 4.39. The van der Waals surface area contributed by atoms with Crippen molar-refractivity contribution in [3.8, 4) is 0 Å². The van der Waals surface area contributed by atoms with E-state index in [2.05, 4.69) is 20.8 Å². The molecule has 3 nitrogen and oxygen atoms in total. The van der Waals surface area contributed by atoms with Crippen molar-refractivity contribution in [1.82, 2.24) is 0 Å². The molecule has 0 N–H and O–H groups in total. The molecule has 0 bridgehead atoms. The van der Waals surface area contributed by atoms with Crippen LogP contribution in [0.15, 0.2) is 0 Å². The zero-order valence-electron chi connectivity index (χ0n) is 10.2. The minimum atomic E-state index is -2.85. The third-order valence-corrected chi connectivity index (χ3v) is 4.50. The Morgan fingerprint density at radius 1 is 1.36 bits per heavy atom. The summed E-state index contributed by atoms with van der Waals surface area (Å²) in [6.45, 7) is 10.1. The van der Waals surface area contributed by atoms with Crippen LogP contribution in [0.25, 0.3) is 0 Å². The van der Waals surface area contributed by atoms with Gasteiger partial charge in [0.05, 0.1) is 6.10 Å². The van der Waals surface area contributed by atoms with E-state index in [-0.39, 0.29) is 11.5 Å². The summed E-state index contributed by atoms with van der Waals surface area (Å²) in [5.74, 6) is 0. The van der Waals surface area contributed by atoms with Gasteiger partial charge in [-0.05, 0) is 18.8 Å². The fourth-order valence-corrected chi connectivity index (χ4v) is 2.58. The summed E-state index contributed by atoms with van der Waals surface area (Å²) in [4.78, 5) is 0. The Labute approximate surface area is 87.7 Å². The molecule has 0 aliphatic heterocycles. The van der Waals surface area contributed by atoms with Crippen LogP contribution in [0.3, 0.4) is 0 Å².